The van der Waals surface area contributed by atoms with Gasteiger partial charge in [0, 0.05) is 11.1 Å². The predicted octanol–water partition coefficient (Wildman–Crippen LogP) is 6.27. The van der Waals surface area contributed by atoms with Gasteiger partial charge in [-0.2, -0.15) is 0 Å². The highest BCUT2D eigenvalue weighted by molar-refractivity contribution is 5.82. The molecule has 0 unspecified atom stereocenters. The van der Waals surface area contributed by atoms with E-state index in [0.717, 1.165) is 39.5 Å². The molecule has 0 bridgehead atoms. The van der Waals surface area contributed by atoms with Crippen LogP contribution in [0.4, 0.5) is 0 Å². The molecule has 0 aliphatic heterocycles. The Morgan fingerprint density at radius 2 is 0.968 bits per heavy atom. The van der Waals surface area contributed by atoms with Crippen molar-refractivity contribution in [1.29, 1.82) is 0 Å². The Morgan fingerprint density at radius 1 is 0.516 bits per heavy atom. The van der Waals surface area contributed by atoms with Gasteiger partial charge in [-0.15, -0.1) is 0 Å². The molecular formula is C28H22N2O. The van der Waals surface area contributed by atoms with Gasteiger partial charge in [-0.3, -0.25) is 9.13 Å². The van der Waals surface area contributed by atoms with Crippen LogP contribution in [0.1, 0.15) is 5.56 Å². The highest BCUT2D eigenvalue weighted by Gasteiger charge is 2.24. The van der Waals surface area contributed by atoms with E-state index in [0.29, 0.717) is 0 Å². The Labute approximate surface area is 181 Å². The average molecular weight is 402 g/mol. The molecule has 0 aliphatic carbocycles. The molecule has 0 N–H and O–H groups in total. The summed E-state index contributed by atoms with van der Waals surface area (Å²) in [5, 5.41) is 0. The summed E-state index contributed by atoms with van der Waals surface area (Å²) in [4.78, 5) is 14.0. The van der Waals surface area contributed by atoms with Gasteiger partial charge in [-0.1, -0.05) is 91.0 Å². The molecule has 0 spiro atoms. The van der Waals surface area contributed by atoms with Crippen LogP contribution in [0, 0.1) is 6.92 Å². The fraction of sp³-hybridized carbons (Fsp3) is 0.0357. The number of imidazole rings is 1. The highest BCUT2D eigenvalue weighted by atomic mass is 16.1. The summed E-state index contributed by atoms with van der Waals surface area (Å²) < 4.78 is 3.65. The van der Waals surface area contributed by atoms with Crippen LogP contribution >= 0.6 is 0 Å². The smallest absolute Gasteiger partial charge is 0.260 e. The fourth-order valence-corrected chi connectivity index (χ4v) is 4.05. The standard InChI is InChI=1S/C28H22N2O/c1-21-12-11-19-25(20-21)30-27(23-15-7-3-8-16-23)26(22-13-5-2-6-14-22)29(28(30)31)24-17-9-4-10-18-24/h2-20H,1H3. The summed E-state index contributed by atoms with van der Waals surface area (Å²) in [6.07, 6.45) is 0. The molecule has 0 fully saturated rings. The van der Waals surface area contributed by atoms with Crippen LogP contribution in [0.3, 0.4) is 0 Å². The number of rotatable bonds is 4. The molecule has 4 aromatic carbocycles. The lowest BCUT2D eigenvalue weighted by molar-refractivity contribution is 0.913. The Balaban J connectivity index is 1.96. The van der Waals surface area contributed by atoms with Crippen molar-refractivity contribution in [2.45, 2.75) is 6.92 Å². The van der Waals surface area contributed by atoms with E-state index in [1.807, 2.05) is 101 Å². The monoisotopic (exact) mass is 402 g/mol. The van der Waals surface area contributed by atoms with E-state index < -0.39 is 0 Å². The van der Waals surface area contributed by atoms with Crippen molar-refractivity contribution in [1.82, 2.24) is 9.13 Å². The Bertz CT molecular complexity index is 1380. The molecule has 0 saturated carbocycles. The van der Waals surface area contributed by atoms with Gasteiger partial charge in [0.05, 0.1) is 22.8 Å². The zero-order chi connectivity index (χ0) is 21.2. The minimum atomic E-state index is -0.0884. The van der Waals surface area contributed by atoms with E-state index in [-0.39, 0.29) is 5.69 Å². The molecule has 31 heavy (non-hydrogen) atoms. The van der Waals surface area contributed by atoms with Gasteiger partial charge in [-0.25, -0.2) is 4.79 Å². The van der Waals surface area contributed by atoms with E-state index in [9.17, 15) is 4.79 Å². The quantitative estimate of drug-likeness (QED) is 0.348. The van der Waals surface area contributed by atoms with Gasteiger partial charge in [-0.05, 0) is 36.8 Å². The molecule has 0 amide bonds. The molecule has 3 heteroatoms. The van der Waals surface area contributed by atoms with Crippen LogP contribution in [0.15, 0.2) is 120 Å². The number of benzene rings is 4. The Kier molecular flexibility index (Phi) is 4.85. The fourth-order valence-electron chi connectivity index (χ4n) is 4.05. The van der Waals surface area contributed by atoms with E-state index in [2.05, 4.69) is 30.3 Å². The molecule has 0 atom stereocenters. The maximum Gasteiger partial charge on any atom is 0.338 e. The van der Waals surface area contributed by atoms with Crippen molar-refractivity contribution in [3.63, 3.8) is 0 Å². The summed E-state index contributed by atoms with van der Waals surface area (Å²) in [5.41, 5.74) is 6.47. The number of hydrogen-bond acceptors (Lipinski definition) is 1. The van der Waals surface area contributed by atoms with Crippen molar-refractivity contribution < 1.29 is 0 Å². The van der Waals surface area contributed by atoms with E-state index in [4.69, 9.17) is 0 Å². The lowest BCUT2D eigenvalue weighted by atomic mass is 10.0. The number of aromatic nitrogens is 2. The molecule has 150 valence electrons. The third kappa shape index (κ3) is 3.40. The van der Waals surface area contributed by atoms with Gasteiger partial charge in [0.2, 0.25) is 0 Å². The minimum Gasteiger partial charge on any atom is -0.260 e. The molecule has 1 heterocycles. The molecular weight excluding hydrogens is 380 g/mol. The first kappa shape index (κ1) is 18.9. The van der Waals surface area contributed by atoms with Crippen LogP contribution in [-0.2, 0) is 0 Å². The molecule has 1 aromatic heterocycles. The maximum absolute atomic E-state index is 14.0. The lowest BCUT2D eigenvalue weighted by Crippen LogP contribution is -2.22. The van der Waals surface area contributed by atoms with Gasteiger partial charge in [0.25, 0.3) is 0 Å². The molecule has 5 aromatic rings. The van der Waals surface area contributed by atoms with Crippen LogP contribution in [0.2, 0.25) is 0 Å². The van der Waals surface area contributed by atoms with Crippen molar-refractivity contribution in [2.75, 3.05) is 0 Å². The number of aryl methyl sites for hydroxylation is 1. The summed E-state index contributed by atoms with van der Waals surface area (Å²) in [6.45, 7) is 2.04. The summed E-state index contributed by atoms with van der Waals surface area (Å²) in [7, 11) is 0. The molecule has 0 saturated heterocycles. The zero-order valence-electron chi connectivity index (χ0n) is 17.3. The predicted molar refractivity (Wildman–Crippen MR) is 127 cm³/mol. The van der Waals surface area contributed by atoms with Gasteiger partial charge in [0.1, 0.15) is 0 Å². The number of para-hydroxylation sites is 1. The average Bonchev–Trinajstić information content (AvgIpc) is 3.13. The Morgan fingerprint density at radius 3 is 1.48 bits per heavy atom. The van der Waals surface area contributed by atoms with E-state index in [1.165, 1.54) is 0 Å². The van der Waals surface area contributed by atoms with Crippen LogP contribution in [0.25, 0.3) is 33.9 Å². The molecule has 0 aliphatic rings. The second kappa shape index (κ2) is 7.96. The van der Waals surface area contributed by atoms with Crippen LogP contribution in [0.5, 0.6) is 0 Å². The second-order valence-corrected chi connectivity index (χ2v) is 7.56. The van der Waals surface area contributed by atoms with Gasteiger partial charge < -0.3 is 0 Å². The third-order valence-electron chi connectivity index (χ3n) is 5.42. The minimum absolute atomic E-state index is 0.0884. The normalized spacial score (nSPS) is 10.9. The maximum atomic E-state index is 14.0. The number of hydrogen-bond donors (Lipinski definition) is 0. The topological polar surface area (TPSA) is 26.9 Å². The first-order chi connectivity index (χ1) is 15.2. The first-order valence-corrected chi connectivity index (χ1v) is 10.3. The van der Waals surface area contributed by atoms with Crippen molar-refractivity contribution in [2.24, 2.45) is 0 Å². The van der Waals surface area contributed by atoms with Crippen molar-refractivity contribution >= 4 is 0 Å². The van der Waals surface area contributed by atoms with Gasteiger partial charge in [0.15, 0.2) is 0 Å². The summed E-state index contributed by atoms with van der Waals surface area (Å²) >= 11 is 0. The SMILES string of the molecule is Cc1cccc(-n2c(-c3ccccc3)c(-c3ccccc3)n(-c3ccccc3)c2=O)c1. The summed E-state index contributed by atoms with van der Waals surface area (Å²) in [5.74, 6) is 0. The molecule has 5 rings (SSSR count). The second-order valence-electron chi connectivity index (χ2n) is 7.56. The molecule has 0 radical (unpaired) electrons. The van der Waals surface area contributed by atoms with Crippen molar-refractivity contribution in [3.8, 4) is 33.9 Å². The van der Waals surface area contributed by atoms with E-state index >= 15 is 0 Å². The van der Waals surface area contributed by atoms with Crippen LogP contribution < -0.4 is 5.69 Å². The Hall–Kier alpha value is -4.11. The first-order valence-electron chi connectivity index (χ1n) is 10.3. The van der Waals surface area contributed by atoms with Crippen molar-refractivity contribution in [3.05, 3.63) is 131 Å². The lowest BCUT2D eigenvalue weighted by Gasteiger charge is -2.12. The summed E-state index contributed by atoms with van der Waals surface area (Å²) in [6, 6.07) is 38.2. The third-order valence-corrected chi connectivity index (χ3v) is 5.42. The highest BCUT2D eigenvalue weighted by Crippen LogP contribution is 2.35. The largest absolute Gasteiger partial charge is 0.338 e. The van der Waals surface area contributed by atoms with E-state index in [1.54, 1.807) is 0 Å². The van der Waals surface area contributed by atoms with Crippen LogP contribution in [-0.4, -0.2) is 9.13 Å². The number of nitrogens with zero attached hydrogens (tertiary/aromatic N) is 2. The van der Waals surface area contributed by atoms with Gasteiger partial charge >= 0.3 is 5.69 Å². The zero-order valence-corrected chi connectivity index (χ0v) is 17.3. The molecule has 3 nitrogen and oxygen atoms in total.